The minimum atomic E-state index is -0.389. The normalized spacial score (nSPS) is 10.3. The number of aromatic amines is 1. The fourth-order valence-corrected chi connectivity index (χ4v) is 1.92. The van der Waals surface area contributed by atoms with E-state index in [1.165, 1.54) is 12.1 Å². The zero-order chi connectivity index (χ0) is 16.8. The average molecular weight is 318 g/mol. The molecule has 0 aliphatic heterocycles. The van der Waals surface area contributed by atoms with Gasteiger partial charge >= 0.3 is 5.97 Å². The van der Waals surface area contributed by atoms with Crippen LogP contribution < -0.4 is 10.1 Å². The van der Waals surface area contributed by atoms with Crippen molar-refractivity contribution in [1.29, 1.82) is 0 Å². The molecule has 4 N–H and O–H groups in total. The van der Waals surface area contributed by atoms with E-state index in [1.807, 2.05) is 0 Å². The molecule has 2 aromatic rings. The van der Waals surface area contributed by atoms with Crippen molar-refractivity contribution in [2.75, 3.05) is 5.32 Å². The van der Waals surface area contributed by atoms with Gasteiger partial charge < -0.3 is 25.3 Å². The number of carbonyl (C=O) groups excluding carboxylic acids is 2. The predicted octanol–water partition coefficient (Wildman–Crippen LogP) is 2.31. The smallest absolute Gasteiger partial charge is 0.311 e. The van der Waals surface area contributed by atoms with E-state index in [0.717, 1.165) is 5.56 Å². The molecule has 0 bridgehead atoms. The number of carbonyl (C=O) groups is 2. The lowest BCUT2D eigenvalue weighted by molar-refractivity contribution is -0.134. The summed E-state index contributed by atoms with van der Waals surface area (Å²) in [5.41, 5.74) is 0.722. The van der Waals surface area contributed by atoms with Crippen LogP contribution in [-0.4, -0.2) is 27.1 Å². The van der Waals surface area contributed by atoms with Gasteiger partial charge in [0.05, 0.1) is 0 Å². The highest BCUT2D eigenvalue weighted by Crippen LogP contribution is 2.26. The van der Waals surface area contributed by atoms with Crippen molar-refractivity contribution >= 4 is 17.7 Å². The number of nitrogens with one attached hydrogen (secondary N) is 2. The Hall–Kier alpha value is -2.96. The van der Waals surface area contributed by atoms with Crippen LogP contribution in [0, 0.1) is 0 Å². The number of phenolic OH excluding ortho intramolecular Hbond substituents is 2. The van der Waals surface area contributed by atoms with Crippen molar-refractivity contribution in [2.45, 2.75) is 26.2 Å². The molecule has 7 heteroatoms. The van der Waals surface area contributed by atoms with Gasteiger partial charge in [-0.2, -0.15) is 0 Å². The topological polar surface area (TPSA) is 112 Å². The van der Waals surface area contributed by atoms with Gasteiger partial charge in [-0.3, -0.25) is 9.59 Å². The molecule has 7 nitrogen and oxygen atoms in total. The molecule has 0 saturated heterocycles. The average Bonchev–Trinajstić information content (AvgIpc) is 2.95. The third-order valence-corrected chi connectivity index (χ3v) is 3.17. The Balaban J connectivity index is 1.91. The number of anilines is 1. The fourth-order valence-electron chi connectivity index (χ4n) is 1.92. The molecule has 122 valence electrons. The number of aryl methyl sites for hydroxylation is 1. The maximum Gasteiger partial charge on any atom is 0.311 e. The lowest BCUT2D eigenvalue weighted by atomic mass is 10.1. The molecule has 0 fully saturated rings. The van der Waals surface area contributed by atoms with E-state index in [0.29, 0.717) is 12.2 Å². The molecular formula is C16H18N2O5. The van der Waals surface area contributed by atoms with E-state index >= 15 is 0 Å². The largest absolute Gasteiger partial charge is 0.504 e. The summed E-state index contributed by atoms with van der Waals surface area (Å²) in [7, 11) is 0. The number of aromatic hydroxyl groups is 2. The van der Waals surface area contributed by atoms with E-state index in [2.05, 4.69) is 10.3 Å². The van der Waals surface area contributed by atoms with Gasteiger partial charge in [-0.25, -0.2) is 0 Å². The molecular weight excluding hydrogens is 300 g/mol. The SMILES string of the molecule is CCC(=O)Oc1cc[nH]c1NC(=O)CCc1ccc(O)c(O)c1. The lowest BCUT2D eigenvalue weighted by Gasteiger charge is -2.07. The minimum absolute atomic E-state index is 0.171. The number of aromatic nitrogens is 1. The maximum absolute atomic E-state index is 12.0. The molecule has 1 aromatic carbocycles. The zero-order valence-corrected chi connectivity index (χ0v) is 12.6. The zero-order valence-electron chi connectivity index (χ0n) is 12.6. The first-order valence-electron chi connectivity index (χ1n) is 7.18. The van der Waals surface area contributed by atoms with Gasteiger partial charge in [0.15, 0.2) is 23.1 Å². The van der Waals surface area contributed by atoms with E-state index in [-0.39, 0.29) is 42.0 Å². The summed E-state index contributed by atoms with van der Waals surface area (Å²) in [6.07, 6.45) is 2.36. The number of H-pyrrole nitrogens is 1. The van der Waals surface area contributed by atoms with Crippen molar-refractivity contribution in [3.05, 3.63) is 36.0 Å². The Kier molecular flexibility index (Phi) is 5.24. The molecule has 2 rings (SSSR count). The van der Waals surface area contributed by atoms with Crippen molar-refractivity contribution in [1.82, 2.24) is 4.98 Å². The van der Waals surface area contributed by atoms with Crippen LogP contribution in [0.25, 0.3) is 0 Å². The minimum Gasteiger partial charge on any atom is -0.504 e. The Labute approximate surface area is 132 Å². The van der Waals surface area contributed by atoms with Gasteiger partial charge in [-0.1, -0.05) is 13.0 Å². The highest BCUT2D eigenvalue weighted by molar-refractivity contribution is 5.91. The van der Waals surface area contributed by atoms with Gasteiger partial charge in [-0.05, 0) is 24.1 Å². The lowest BCUT2D eigenvalue weighted by Crippen LogP contribution is -2.14. The van der Waals surface area contributed by atoms with E-state index in [1.54, 1.807) is 25.3 Å². The summed E-state index contributed by atoms with van der Waals surface area (Å²) in [4.78, 5) is 26.1. The van der Waals surface area contributed by atoms with Crippen LogP contribution in [0.4, 0.5) is 5.82 Å². The van der Waals surface area contributed by atoms with Crippen LogP contribution in [-0.2, 0) is 16.0 Å². The Morgan fingerprint density at radius 1 is 1.22 bits per heavy atom. The first-order chi connectivity index (χ1) is 11.0. The van der Waals surface area contributed by atoms with Crippen LogP contribution in [0.1, 0.15) is 25.3 Å². The second-order valence-corrected chi connectivity index (χ2v) is 4.92. The molecule has 0 unspecified atom stereocenters. The standard InChI is InChI=1S/C16H18N2O5/c1-2-15(22)23-13-7-8-17-16(13)18-14(21)6-4-10-3-5-11(19)12(20)9-10/h3,5,7-9,17,19-20H,2,4,6H2,1H3,(H,18,21). The second-order valence-electron chi connectivity index (χ2n) is 4.92. The number of benzene rings is 1. The van der Waals surface area contributed by atoms with Gasteiger partial charge in [0, 0.05) is 25.1 Å². The number of rotatable bonds is 6. The highest BCUT2D eigenvalue weighted by atomic mass is 16.5. The van der Waals surface area contributed by atoms with Crippen LogP contribution in [0.15, 0.2) is 30.5 Å². The quantitative estimate of drug-likeness (QED) is 0.482. The highest BCUT2D eigenvalue weighted by Gasteiger charge is 2.12. The molecule has 0 saturated carbocycles. The number of hydrogen-bond acceptors (Lipinski definition) is 5. The van der Waals surface area contributed by atoms with E-state index in [4.69, 9.17) is 4.74 Å². The van der Waals surface area contributed by atoms with E-state index in [9.17, 15) is 19.8 Å². The fraction of sp³-hybridized carbons (Fsp3) is 0.250. The van der Waals surface area contributed by atoms with Crippen LogP contribution in [0.2, 0.25) is 0 Å². The van der Waals surface area contributed by atoms with Crippen molar-refractivity contribution < 1.29 is 24.5 Å². The molecule has 0 spiro atoms. The number of phenols is 2. The van der Waals surface area contributed by atoms with Gasteiger partial charge in [0.25, 0.3) is 0 Å². The molecule has 0 aliphatic rings. The summed E-state index contributed by atoms with van der Waals surface area (Å²) in [5.74, 6) is -0.487. The van der Waals surface area contributed by atoms with Gasteiger partial charge in [-0.15, -0.1) is 0 Å². The van der Waals surface area contributed by atoms with Crippen LogP contribution >= 0.6 is 0 Å². The summed E-state index contributed by atoms with van der Waals surface area (Å²) in [6.45, 7) is 1.68. The molecule has 0 atom stereocenters. The maximum atomic E-state index is 12.0. The molecule has 1 amide bonds. The second kappa shape index (κ2) is 7.35. The third-order valence-electron chi connectivity index (χ3n) is 3.17. The first kappa shape index (κ1) is 16.4. The predicted molar refractivity (Wildman–Crippen MR) is 83.4 cm³/mol. The molecule has 1 heterocycles. The van der Waals surface area contributed by atoms with Crippen molar-refractivity contribution in [2.24, 2.45) is 0 Å². The van der Waals surface area contributed by atoms with Crippen molar-refractivity contribution in [3.63, 3.8) is 0 Å². The molecule has 0 radical (unpaired) electrons. The summed E-state index contributed by atoms with van der Waals surface area (Å²) in [5, 5.41) is 21.3. The number of hydrogen-bond donors (Lipinski definition) is 4. The van der Waals surface area contributed by atoms with Gasteiger partial charge in [0.1, 0.15) is 0 Å². The Bertz CT molecular complexity index is 708. The monoisotopic (exact) mass is 318 g/mol. The molecule has 1 aromatic heterocycles. The van der Waals surface area contributed by atoms with Crippen LogP contribution in [0.3, 0.4) is 0 Å². The summed E-state index contributed by atoms with van der Waals surface area (Å²) >= 11 is 0. The molecule has 0 aliphatic carbocycles. The Morgan fingerprint density at radius 2 is 2.00 bits per heavy atom. The number of ether oxygens (including phenoxy) is 1. The van der Waals surface area contributed by atoms with Crippen LogP contribution in [0.5, 0.6) is 17.2 Å². The summed E-state index contributed by atoms with van der Waals surface area (Å²) in [6, 6.07) is 5.97. The number of amides is 1. The summed E-state index contributed by atoms with van der Waals surface area (Å²) < 4.78 is 5.08. The van der Waals surface area contributed by atoms with E-state index < -0.39 is 0 Å². The molecule has 23 heavy (non-hydrogen) atoms. The number of esters is 1. The third kappa shape index (κ3) is 4.50. The van der Waals surface area contributed by atoms with Crippen molar-refractivity contribution in [3.8, 4) is 17.2 Å². The Morgan fingerprint density at radius 3 is 2.70 bits per heavy atom. The first-order valence-corrected chi connectivity index (χ1v) is 7.18. The van der Waals surface area contributed by atoms with Gasteiger partial charge in [0.2, 0.25) is 5.91 Å².